The van der Waals surface area contributed by atoms with E-state index >= 15 is 0 Å². The number of nitrogens with zero attached hydrogens (tertiary/aromatic N) is 1. The van der Waals surface area contributed by atoms with Gasteiger partial charge in [-0.05, 0) is 70.3 Å². The van der Waals surface area contributed by atoms with Crippen LogP contribution < -0.4 is 10.6 Å². The third kappa shape index (κ3) is 9.01. The third-order valence-corrected chi connectivity index (χ3v) is 7.70. The Bertz CT molecular complexity index is 1280. The summed E-state index contributed by atoms with van der Waals surface area (Å²) in [6.07, 6.45) is 0.240. The molecule has 2 aromatic carbocycles. The molecule has 0 bridgehead atoms. The van der Waals surface area contributed by atoms with Crippen LogP contribution >= 0.6 is 0 Å². The second kappa shape index (κ2) is 15.0. The highest BCUT2D eigenvalue weighted by atomic mass is 16.7. The lowest BCUT2D eigenvalue weighted by Gasteiger charge is -2.43. The molecule has 0 unspecified atom stereocenters. The fraction of sp³-hybridized carbons (Fsp3) is 0.545. The van der Waals surface area contributed by atoms with Crippen LogP contribution in [0.3, 0.4) is 0 Å². The van der Waals surface area contributed by atoms with Crippen molar-refractivity contribution in [3.63, 3.8) is 0 Å². The predicted octanol–water partition coefficient (Wildman–Crippen LogP) is 4.46. The normalized spacial score (nSPS) is 24.0. The summed E-state index contributed by atoms with van der Waals surface area (Å²) < 4.78 is 23.7. The molecule has 3 N–H and O–H groups in total. The maximum atomic E-state index is 13.1. The van der Waals surface area contributed by atoms with Crippen LogP contribution in [0.15, 0.2) is 48.5 Å². The number of nitrogens with one attached hydrogen (secondary N) is 2. The van der Waals surface area contributed by atoms with Crippen LogP contribution in [0.25, 0.3) is 0 Å². The van der Waals surface area contributed by atoms with E-state index in [-0.39, 0.29) is 49.9 Å². The standard InChI is InChI=1S/C33H45N3O8/c1-6-41-28(38)18-34-32(40)35-25-10-7-9-24(17-25)31-42-27(19-36-16-8-11-26(36)30(39)44-33(3,4)5)21(2)29(43-31)23-14-12-22(20-37)13-15-23/h7,9-10,12-15,17,21,26-27,29,31,37H,6,8,11,16,18-20H2,1-5H3,(H2,34,35,40)/t21-,26-,27+,29+,31+/m0/s1. The SMILES string of the molecule is CCOC(=O)CNC(=O)Nc1cccc([C@@H]2O[C@H](CN3CCC[C@H]3C(=O)OC(C)(C)C)[C@H](C)[C@H](c3ccc(CO)cc3)O2)c1. The van der Waals surface area contributed by atoms with Gasteiger partial charge >= 0.3 is 18.0 Å². The van der Waals surface area contributed by atoms with Gasteiger partial charge < -0.3 is 34.7 Å². The Hall–Kier alpha value is -3.51. The van der Waals surface area contributed by atoms with Gasteiger partial charge in [0.2, 0.25) is 0 Å². The first kappa shape index (κ1) is 33.4. The van der Waals surface area contributed by atoms with E-state index in [0.29, 0.717) is 17.8 Å². The fourth-order valence-electron chi connectivity index (χ4n) is 5.54. The smallest absolute Gasteiger partial charge is 0.325 e. The van der Waals surface area contributed by atoms with Gasteiger partial charge in [-0.3, -0.25) is 14.5 Å². The first-order chi connectivity index (χ1) is 21.0. The summed E-state index contributed by atoms with van der Waals surface area (Å²) in [5, 5.41) is 14.8. The van der Waals surface area contributed by atoms with Gasteiger partial charge in [-0.15, -0.1) is 0 Å². The number of aliphatic hydroxyl groups excluding tert-OH is 1. The minimum absolute atomic E-state index is 0.0517. The quantitative estimate of drug-likeness (QED) is 0.333. The summed E-state index contributed by atoms with van der Waals surface area (Å²) in [5.41, 5.74) is 2.39. The Morgan fingerprint density at radius 1 is 1.07 bits per heavy atom. The van der Waals surface area contributed by atoms with E-state index in [9.17, 15) is 19.5 Å². The average molecular weight is 612 g/mol. The number of carbonyl (C=O) groups excluding carboxylic acids is 3. The summed E-state index contributed by atoms with van der Waals surface area (Å²) in [7, 11) is 0. The summed E-state index contributed by atoms with van der Waals surface area (Å²) in [5.74, 6) is -0.811. The summed E-state index contributed by atoms with van der Waals surface area (Å²) in [6, 6.07) is 13.9. The second-order valence-electron chi connectivity index (χ2n) is 12.2. The molecule has 0 aromatic heterocycles. The summed E-state index contributed by atoms with van der Waals surface area (Å²) >= 11 is 0. The van der Waals surface area contributed by atoms with Crippen molar-refractivity contribution in [2.24, 2.45) is 5.92 Å². The average Bonchev–Trinajstić information content (AvgIpc) is 3.45. The Balaban J connectivity index is 1.54. The molecule has 11 nitrogen and oxygen atoms in total. The van der Waals surface area contributed by atoms with Crippen molar-refractivity contribution in [2.75, 3.05) is 31.6 Å². The molecule has 240 valence electrons. The molecule has 2 aromatic rings. The molecule has 2 aliphatic rings. The van der Waals surface area contributed by atoms with Crippen molar-refractivity contribution in [3.05, 3.63) is 65.2 Å². The zero-order valence-corrected chi connectivity index (χ0v) is 26.2. The molecule has 0 spiro atoms. The number of likely N-dealkylation sites (tertiary alicyclic amines) is 1. The Labute approximate surface area is 259 Å². The van der Waals surface area contributed by atoms with Crippen LogP contribution in [0, 0.1) is 5.92 Å². The van der Waals surface area contributed by atoms with Crippen LogP contribution in [0.5, 0.6) is 0 Å². The van der Waals surface area contributed by atoms with Crippen molar-refractivity contribution >= 4 is 23.7 Å². The lowest BCUT2D eigenvalue weighted by molar-refractivity contribution is -0.276. The van der Waals surface area contributed by atoms with E-state index in [1.54, 1.807) is 25.1 Å². The lowest BCUT2D eigenvalue weighted by atomic mass is 9.90. The molecule has 44 heavy (non-hydrogen) atoms. The number of rotatable bonds is 10. The number of urea groups is 1. The number of aliphatic hydroxyl groups is 1. The molecule has 2 amide bonds. The highest BCUT2D eigenvalue weighted by Gasteiger charge is 2.42. The van der Waals surface area contributed by atoms with Gasteiger partial charge in [-0.1, -0.05) is 43.3 Å². The van der Waals surface area contributed by atoms with Crippen molar-refractivity contribution in [2.45, 2.75) is 84.2 Å². The van der Waals surface area contributed by atoms with Gasteiger partial charge in [0.1, 0.15) is 18.2 Å². The number of hydrogen-bond donors (Lipinski definition) is 3. The maximum Gasteiger partial charge on any atom is 0.325 e. The van der Waals surface area contributed by atoms with Crippen molar-refractivity contribution in [3.8, 4) is 0 Å². The largest absolute Gasteiger partial charge is 0.465 e. The zero-order valence-electron chi connectivity index (χ0n) is 26.2. The Kier molecular flexibility index (Phi) is 11.4. The number of anilines is 1. The van der Waals surface area contributed by atoms with Crippen LogP contribution in [0.4, 0.5) is 10.5 Å². The van der Waals surface area contributed by atoms with Gasteiger partial charge in [-0.2, -0.15) is 0 Å². The van der Waals surface area contributed by atoms with Crippen molar-refractivity contribution in [1.29, 1.82) is 0 Å². The van der Waals surface area contributed by atoms with Crippen LogP contribution in [-0.4, -0.2) is 72.0 Å². The van der Waals surface area contributed by atoms with E-state index < -0.39 is 23.9 Å². The van der Waals surface area contributed by atoms with E-state index in [4.69, 9.17) is 18.9 Å². The molecule has 0 aliphatic carbocycles. The molecule has 2 saturated heterocycles. The minimum Gasteiger partial charge on any atom is -0.465 e. The Morgan fingerprint density at radius 3 is 2.50 bits per heavy atom. The van der Waals surface area contributed by atoms with Gasteiger partial charge in [0.05, 0.1) is 25.4 Å². The molecule has 4 rings (SSSR count). The summed E-state index contributed by atoms with van der Waals surface area (Å²) in [6.45, 7) is 10.6. The van der Waals surface area contributed by atoms with Gasteiger partial charge in [-0.25, -0.2) is 4.79 Å². The molecule has 11 heteroatoms. The molecule has 2 heterocycles. The van der Waals surface area contributed by atoms with Crippen molar-refractivity contribution in [1.82, 2.24) is 10.2 Å². The van der Waals surface area contributed by atoms with E-state index in [2.05, 4.69) is 22.5 Å². The highest BCUT2D eigenvalue weighted by Crippen LogP contribution is 2.42. The maximum absolute atomic E-state index is 13.1. The van der Waals surface area contributed by atoms with Gasteiger partial charge in [0, 0.05) is 23.7 Å². The number of ether oxygens (including phenoxy) is 4. The predicted molar refractivity (Wildman–Crippen MR) is 164 cm³/mol. The first-order valence-electron chi connectivity index (χ1n) is 15.3. The monoisotopic (exact) mass is 611 g/mol. The number of esters is 2. The van der Waals surface area contributed by atoms with E-state index in [0.717, 1.165) is 30.5 Å². The molecular formula is C33H45N3O8. The van der Waals surface area contributed by atoms with E-state index in [1.807, 2.05) is 51.1 Å². The topological polar surface area (TPSA) is 136 Å². The zero-order chi connectivity index (χ0) is 31.9. The number of carbonyl (C=O) groups is 3. The fourth-order valence-corrected chi connectivity index (χ4v) is 5.54. The summed E-state index contributed by atoms with van der Waals surface area (Å²) in [4.78, 5) is 39.2. The number of hydrogen-bond acceptors (Lipinski definition) is 9. The molecular weight excluding hydrogens is 566 g/mol. The van der Waals surface area contributed by atoms with Crippen molar-refractivity contribution < 1.29 is 38.4 Å². The number of benzene rings is 2. The molecule has 2 fully saturated rings. The number of amides is 2. The first-order valence-corrected chi connectivity index (χ1v) is 15.3. The van der Waals surface area contributed by atoms with E-state index in [1.165, 1.54) is 0 Å². The second-order valence-corrected chi connectivity index (χ2v) is 12.2. The van der Waals surface area contributed by atoms with Crippen LogP contribution in [0.2, 0.25) is 0 Å². The Morgan fingerprint density at radius 2 is 1.82 bits per heavy atom. The minimum atomic E-state index is -0.759. The molecule has 0 saturated carbocycles. The van der Waals surface area contributed by atoms with Crippen LogP contribution in [-0.2, 0) is 35.1 Å². The van der Waals surface area contributed by atoms with Gasteiger partial charge in [0.15, 0.2) is 6.29 Å². The van der Waals surface area contributed by atoms with Crippen LogP contribution in [0.1, 0.15) is 76.5 Å². The molecule has 5 atom stereocenters. The van der Waals surface area contributed by atoms with Gasteiger partial charge in [0.25, 0.3) is 0 Å². The third-order valence-electron chi connectivity index (χ3n) is 7.70. The highest BCUT2D eigenvalue weighted by molar-refractivity contribution is 5.91. The molecule has 0 radical (unpaired) electrons. The molecule has 2 aliphatic heterocycles. The lowest BCUT2D eigenvalue weighted by Crippen LogP contribution is -2.48.